The summed E-state index contributed by atoms with van der Waals surface area (Å²) in [7, 11) is 0. The number of aromatic nitrogens is 5. The summed E-state index contributed by atoms with van der Waals surface area (Å²) < 4.78 is 27.7. The molecule has 0 aliphatic carbocycles. The van der Waals surface area contributed by atoms with E-state index in [4.69, 9.17) is 9.47 Å². The van der Waals surface area contributed by atoms with Crippen molar-refractivity contribution in [2.75, 3.05) is 45.9 Å². The minimum Gasteiger partial charge on any atom is -0.484 e. The molecule has 2 N–H and O–H groups in total. The van der Waals surface area contributed by atoms with Gasteiger partial charge in [0, 0.05) is 37.3 Å². The number of fused-ring (bicyclic) bond motifs is 1. The molecule has 1 saturated heterocycles. The first-order chi connectivity index (χ1) is 17.7. The van der Waals surface area contributed by atoms with E-state index in [0.717, 1.165) is 74.9 Å². The largest absolute Gasteiger partial charge is 0.484 e. The second-order valence-corrected chi connectivity index (χ2v) is 8.84. The maximum absolute atomic E-state index is 14.8. The van der Waals surface area contributed by atoms with Crippen LogP contribution in [0, 0.1) is 5.82 Å². The zero-order chi connectivity index (χ0) is 24.3. The number of imidazole rings is 1. The predicted octanol–water partition coefficient (Wildman–Crippen LogP) is 3.07. The van der Waals surface area contributed by atoms with E-state index < -0.39 is 5.82 Å². The van der Waals surface area contributed by atoms with Crippen LogP contribution in [0.1, 0.15) is 11.3 Å². The molecule has 2 aromatic heterocycles. The van der Waals surface area contributed by atoms with Crippen molar-refractivity contribution in [3.05, 3.63) is 59.7 Å². The molecule has 0 amide bonds. The third-order valence-electron chi connectivity index (χ3n) is 6.35. The zero-order valence-corrected chi connectivity index (χ0v) is 22.2. The number of benzene rings is 2. The SMILES string of the molecule is Cl.Cl.Fc1cc(-c2nc3ccc(C4=NCCN4)cc3[nH]2)ccc1OCc1cn(CCN2CCOCC2)nn1. The first-order valence-corrected chi connectivity index (χ1v) is 12.1. The number of amidine groups is 1. The second kappa shape index (κ2) is 12.5. The zero-order valence-electron chi connectivity index (χ0n) is 20.6. The Morgan fingerprint density at radius 2 is 1.87 bits per heavy atom. The maximum Gasteiger partial charge on any atom is 0.165 e. The molecule has 202 valence electrons. The van der Waals surface area contributed by atoms with Crippen LogP contribution in [-0.2, 0) is 17.9 Å². The summed E-state index contributed by atoms with van der Waals surface area (Å²) in [6.45, 7) is 6.80. The fourth-order valence-electron chi connectivity index (χ4n) is 4.38. The van der Waals surface area contributed by atoms with Crippen LogP contribution < -0.4 is 10.1 Å². The summed E-state index contributed by atoms with van der Waals surface area (Å²) in [5.41, 5.74) is 3.97. The monoisotopic (exact) mass is 562 g/mol. The number of ether oxygens (including phenoxy) is 2. The molecule has 0 saturated carbocycles. The fraction of sp³-hybridized carbons (Fsp3) is 0.360. The first-order valence-electron chi connectivity index (χ1n) is 12.1. The maximum atomic E-state index is 14.8. The normalized spacial score (nSPS) is 15.4. The Morgan fingerprint density at radius 3 is 2.66 bits per heavy atom. The van der Waals surface area contributed by atoms with Crippen molar-refractivity contribution < 1.29 is 13.9 Å². The van der Waals surface area contributed by atoms with Crippen molar-refractivity contribution in [1.29, 1.82) is 0 Å². The molecular weight excluding hydrogens is 534 g/mol. The molecule has 1 fully saturated rings. The van der Waals surface area contributed by atoms with Gasteiger partial charge in [0.25, 0.3) is 0 Å². The Hall–Kier alpha value is -3.25. The average molecular weight is 563 g/mol. The van der Waals surface area contributed by atoms with Crippen LogP contribution in [0.4, 0.5) is 4.39 Å². The lowest BCUT2D eigenvalue weighted by Gasteiger charge is -2.26. The third-order valence-corrected chi connectivity index (χ3v) is 6.35. The van der Waals surface area contributed by atoms with Crippen molar-refractivity contribution in [3.8, 4) is 17.1 Å². The first kappa shape index (κ1) is 27.8. The molecular formula is C25H29Cl2FN8O2. The lowest BCUT2D eigenvalue weighted by Crippen LogP contribution is -2.38. The van der Waals surface area contributed by atoms with E-state index in [1.54, 1.807) is 16.8 Å². The molecule has 2 aliphatic heterocycles. The van der Waals surface area contributed by atoms with Gasteiger partial charge in [0.1, 0.15) is 24.0 Å². The Balaban J connectivity index is 0.00000168. The van der Waals surface area contributed by atoms with E-state index in [-0.39, 0.29) is 37.2 Å². The highest BCUT2D eigenvalue weighted by molar-refractivity contribution is 6.02. The summed E-state index contributed by atoms with van der Waals surface area (Å²) in [6.07, 6.45) is 1.84. The summed E-state index contributed by atoms with van der Waals surface area (Å²) in [4.78, 5) is 14.7. The number of nitrogens with one attached hydrogen (secondary N) is 2. The lowest BCUT2D eigenvalue weighted by atomic mass is 10.2. The topological polar surface area (TPSA) is 105 Å². The van der Waals surface area contributed by atoms with Crippen LogP contribution in [0.5, 0.6) is 5.75 Å². The molecule has 38 heavy (non-hydrogen) atoms. The summed E-state index contributed by atoms with van der Waals surface area (Å²) >= 11 is 0. The van der Waals surface area contributed by atoms with Crippen molar-refractivity contribution >= 4 is 41.7 Å². The predicted molar refractivity (Wildman–Crippen MR) is 147 cm³/mol. The smallest absolute Gasteiger partial charge is 0.165 e. The van der Waals surface area contributed by atoms with Gasteiger partial charge < -0.3 is 19.8 Å². The Bertz CT molecular complexity index is 1400. The van der Waals surface area contributed by atoms with Crippen LogP contribution in [0.3, 0.4) is 0 Å². The van der Waals surface area contributed by atoms with Crippen LogP contribution in [0.25, 0.3) is 22.4 Å². The van der Waals surface area contributed by atoms with E-state index in [9.17, 15) is 4.39 Å². The van der Waals surface area contributed by atoms with Crippen molar-refractivity contribution in [3.63, 3.8) is 0 Å². The summed E-state index contributed by atoms with van der Waals surface area (Å²) in [5, 5.41) is 11.6. The Morgan fingerprint density at radius 1 is 1.03 bits per heavy atom. The minimum atomic E-state index is -0.460. The highest BCUT2D eigenvalue weighted by Crippen LogP contribution is 2.26. The number of aliphatic imine (C=N–C) groups is 1. The van der Waals surface area contributed by atoms with Gasteiger partial charge in [-0.3, -0.25) is 14.6 Å². The van der Waals surface area contributed by atoms with Crippen molar-refractivity contribution in [1.82, 2.24) is 35.2 Å². The van der Waals surface area contributed by atoms with Gasteiger partial charge in [0.15, 0.2) is 11.6 Å². The van der Waals surface area contributed by atoms with E-state index in [1.807, 2.05) is 24.4 Å². The molecule has 2 aliphatic rings. The fourth-order valence-corrected chi connectivity index (χ4v) is 4.38. The molecule has 13 heteroatoms. The van der Waals surface area contributed by atoms with E-state index in [2.05, 4.69) is 35.5 Å². The second-order valence-electron chi connectivity index (χ2n) is 8.84. The summed E-state index contributed by atoms with van der Waals surface area (Å²) in [6, 6.07) is 10.8. The molecule has 6 rings (SSSR count). The molecule has 4 heterocycles. The van der Waals surface area contributed by atoms with E-state index in [0.29, 0.717) is 17.1 Å². The number of morpholine rings is 1. The Kier molecular flexibility index (Phi) is 9.16. The van der Waals surface area contributed by atoms with Gasteiger partial charge in [-0.1, -0.05) is 5.21 Å². The number of rotatable bonds is 8. The van der Waals surface area contributed by atoms with Crippen molar-refractivity contribution in [2.24, 2.45) is 4.99 Å². The van der Waals surface area contributed by atoms with Gasteiger partial charge in [-0.2, -0.15) is 0 Å². The van der Waals surface area contributed by atoms with Crippen LogP contribution in [-0.4, -0.2) is 81.6 Å². The van der Waals surface area contributed by atoms with Gasteiger partial charge >= 0.3 is 0 Å². The molecule has 0 bridgehead atoms. The quantitative estimate of drug-likeness (QED) is 0.340. The highest BCUT2D eigenvalue weighted by Gasteiger charge is 2.14. The van der Waals surface area contributed by atoms with E-state index >= 15 is 0 Å². The minimum absolute atomic E-state index is 0. The van der Waals surface area contributed by atoms with E-state index in [1.165, 1.54) is 6.07 Å². The molecule has 0 unspecified atom stereocenters. The molecule has 0 atom stereocenters. The number of nitrogens with zero attached hydrogens (tertiary/aromatic N) is 6. The molecule has 10 nitrogen and oxygen atoms in total. The van der Waals surface area contributed by atoms with Crippen LogP contribution in [0.2, 0.25) is 0 Å². The number of aromatic amines is 1. The third kappa shape index (κ3) is 6.24. The molecule has 0 spiro atoms. The van der Waals surface area contributed by atoms with Gasteiger partial charge in [-0.05, 0) is 36.4 Å². The van der Waals surface area contributed by atoms with Gasteiger partial charge in [0.05, 0.1) is 43.5 Å². The molecule has 0 radical (unpaired) electrons. The molecule has 4 aromatic rings. The number of hydrogen-bond acceptors (Lipinski definition) is 8. The van der Waals surface area contributed by atoms with Gasteiger partial charge in [-0.15, -0.1) is 29.9 Å². The van der Waals surface area contributed by atoms with Gasteiger partial charge in [0.2, 0.25) is 0 Å². The van der Waals surface area contributed by atoms with Crippen LogP contribution >= 0.6 is 24.8 Å². The molecule has 2 aromatic carbocycles. The highest BCUT2D eigenvalue weighted by atomic mass is 35.5. The number of hydrogen-bond donors (Lipinski definition) is 2. The summed E-state index contributed by atoms with van der Waals surface area (Å²) in [5.74, 6) is 1.18. The Labute approximate surface area is 231 Å². The average Bonchev–Trinajstić information content (AvgIpc) is 3.68. The van der Waals surface area contributed by atoms with Crippen LogP contribution in [0.15, 0.2) is 47.6 Å². The van der Waals surface area contributed by atoms with Gasteiger partial charge in [-0.25, -0.2) is 9.37 Å². The lowest BCUT2D eigenvalue weighted by molar-refractivity contribution is 0.0359. The number of H-pyrrole nitrogens is 1. The van der Waals surface area contributed by atoms with Crippen molar-refractivity contribution in [2.45, 2.75) is 13.2 Å². The number of halogens is 3. The standard InChI is InChI=1S/C25H27FN8O2.2ClH/c26-20-13-17(25-29-21-3-1-18(14-22(21)30-25)24-27-5-6-28-24)2-4-23(20)36-16-19-15-34(32-31-19)8-7-33-9-11-35-12-10-33;;/h1-4,13-15H,5-12,16H2,(H,27,28)(H,29,30);2*1H.